The van der Waals surface area contributed by atoms with Crippen molar-refractivity contribution in [3.05, 3.63) is 29.8 Å². The van der Waals surface area contributed by atoms with Crippen LogP contribution in [0.5, 0.6) is 0 Å². The van der Waals surface area contributed by atoms with Crippen molar-refractivity contribution in [1.82, 2.24) is 5.32 Å². The highest BCUT2D eigenvalue weighted by Gasteiger charge is 2.34. The van der Waals surface area contributed by atoms with Crippen molar-refractivity contribution in [3.8, 4) is 0 Å². The van der Waals surface area contributed by atoms with Gasteiger partial charge in [0.05, 0.1) is 16.8 Å². The monoisotopic (exact) mass is 303 g/mol. The summed E-state index contributed by atoms with van der Waals surface area (Å²) in [6.07, 6.45) is -4.53. The second-order valence-corrected chi connectivity index (χ2v) is 5.40. The average Bonchev–Trinajstić information content (AvgIpc) is 2.37. The number of rotatable bonds is 4. The first-order valence-corrected chi connectivity index (χ1v) is 6.55. The van der Waals surface area contributed by atoms with Crippen LogP contribution in [-0.2, 0) is 6.18 Å². The summed E-state index contributed by atoms with van der Waals surface area (Å²) < 4.78 is 38.5. The van der Waals surface area contributed by atoms with E-state index in [2.05, 4.69) is 10.6 Å². The third-order valence-corrected chi connectivity index (χ3v) is 3.58. The highest BCUT2D eigenvalue weighted by Crippen LogP contribution is 2.34. The van der Waals surface area contributed by atoms with Gasteiger partial charge in [-0.3, -0.25) is 0 Å². The molecule has 0 fully saturated rings. The molecular formula is C14H20F3N3O. The lowest BCUT2D eigenvalue weighted by molar-refractivity contribution is -0.136. The zero-order valence-electron chi connectivity index (χ0n) is 12.2. The van der Waals surface area contributed by atoms with E-state index in [9.17, 15) is 18.0 Å². The van der Waals surface area contributed by atoms with E-state index < -0.39 is 23.3 Å². The summed E-state index contributed by atoms with van der Waals surface area (Å²) in [7, 11) is 0. The Morgan fingerprint density at radius 2 is 1.86 bits per heavy atom. The van der Waals surface area contributed by atoms with E-state index in [1.807, 2.05) is 13.8 Å². The fourth-order valence-electron chi connectivity index (χ4n) is 1.68. The standard InChI is InChI=1S/C14H20F3N3O/c1-9(2)13(3,8-18)20-12(21)19-11-7-5-4-6-10(11)14(15,16)17/h4-7,9H,8,18H2,1-3H3,(H2,19,20,21). The number of alkyl halides is 3. The number of para-hydroxylation sites is 1. The van der Waals surface area contributed by atoms with Crippen LogP contribution in [0.2, 0.25) is 0 Å². The molecule has 1 aromatic carbocycles. The quantitative estimate of drug-likeness (QED) is 0.799. The Labute approximate surface area is 121 Å². The van der Waals surface area contributed by atoms with Gasteiger partial charge in [0.25, 0.3) is 0 Å². The summed E-state index contributed by atoms with van der Waals surface area (Å²) in [5.74, 6) is 0.0334. The van der Waals surface area contributed by atoms with Crippen molar-refractivity contribution in [2.24, 2.45) is 11.7 Å². The van der Waals surface area contributed by atoms with Crippen LogP contribution in [0.1, 0.15) is 26.3 Å². The smallest absolute Gasteiger partial charge is 0.331 e. The Hall–Kier alpha value is -1.76. The lowest BCUT2D eigenvalue weighted by Gasteiger charge is -2.33. The van der Waals surface area contributed by atoms with Crippen molar-refractivity contribution < 1.29 is 18.0 Å². The molecule has 0 aliphatic rings. The lowest BCUT2D eigenvalue weighted by Crippen LogP contribution is -2.56. The minimum atomic E-state index is -4.53. The molecule has 7 heteroatoms. The highest BCUT2D eigenvalue weighted by molar-refractivity contribution is 5.90. The number of benzene rings is 1. The molecule has 1 unspecified atom stereocenters. The first kappa shape index (κ1) is 17.3. The van der Waals surface area contributed by atoms with Crippen LogP contribution in [0.3, 0.4) is 0 Å². The first-order chi connectivity index (χ1) is 9.60. The van der Waals surface area contributed by atoms with Crippen LogP contribution in [0.15, 0.2) is 24.3 Å². The van der Waals surface area contributed by atoms with Crippen LogP contribution >= 0.6 is 0 Å². The summed E-state index contributed by atoms with van der Waals surface area (Å²) in [5, 5.41) is 4.86. The molecule has 0 saturated carbocycles. The largest absolute Gasteiger partial charge is 0.418 e. The molecule has 0 spiro atoms. The number of carbonyl (C=O) groups is 1. The molecule has 0 aliphatic heterocycles. The van der Waals surface area contributed by atoms with Crippen LogP contribution in [0, 0.1) is 5.92 Å². The van der Waals surface area contributed by atoms with E-state index in [4.69, 9.17) is 5.73 Å². The summed E-state index contributed by atoms with van der Waals surface area (Å²) in [5.41, 5.74) is 3.75. The average molecular weight is 303 g/mol. The molecule has 0 aliphatic carbocycles. The normalized spacial score (nSPS) is 14.7. The van der Waals surface area contributed by atoms with Crippen LogP contribution in [0.4, 0.5) is 23.7 Å². The van der Waals surface area contributed by atoms with E-state index in [1.54, 1.807) is 6.92 Å². The zero-order chi connectivity index (χ0) is 16.3. The number of hydrogen-bond donors (Lipinski definition) is 3. The minimum absolute atomic E-state index is 0.0334. The molecule has 1 aromatic rings. The summed E-state index contributed by atoms with van der Waals surface area (Å²) in [6, 6.07) is 4.10. The lowest BCUT2D eigenvalue weighted by atomic mass is 9.89. The molecule has 4 nitrogen and oxygen atoms in total. The molecule has 0 saturated heterocycles. The molecule has 0 bridgehead atoms. The Kier molecular flexibility index (Phi) is 5.22. The molecule has 1 atom stereocenters. The molecular weight excluding hydrogens is 283 g/mol. The molecule has 0 heterocycles. The minimum Gasteiger partial charge on any atom is -0.331 e. The third kappa shape index (κ3) is 4.35. The van der Waals surface area contributed by atoms with Gasteiger partial charge in [-0.15, -0.1) is 0 Å². The molecule has 21 heavy (non-hydrogen) atoms. The number of hydrogen-bond acceptors (Lipinski definition) is 2. The maximum absolute atomic E-state index is 12.8. The summed E-state index contributed by atoms with van der Waals surface area (Å²) in [6.45, 7) is 5.67. The fraction of sp³-hybridized carbons (Fsp3) is 0.500. The number of nitrogens with one attached hydrogen (secondary N) is 2. The Bertz CT molecular complexity index is 502. The number of carbonyl (C=O) groups excluding carboxylic acids is 1. The molecule has 0 aromatic heterocycles. The van der Waals surface area contributed by atoms with Gasteiger partial charge in [-0.05, 0) is 25.0 Å². The number of amides is 2. The van der Waals surface area contributed by atoms with Gasteiger partial charge >= 0.3 is 12.2 Å². The van der Waals surface area contributed by atoms with Crippen molar-refractivity contribution in [3.63, 3.8) is 0 Å². The van der Waals surface area contributed by atoms with Gasteiger partial charge in [-0.1, -0.05) is 26.0 Å². The number of anilines is 1. The molecule has 118 valence electrons. The summed E-state index contributed by atoms with van der Waals surface area (Å²) in [4.78, 5) is 11.9. The van der Waals surface area contributed by atoms with Crippen LogP contribution < -0.4 is 16.4 Å². The molecule has 1 rings (SSSR count). The van der Waals surface area contributed by atoms with Gasteiger partial charge in [0.1, 0.15) is 0 Å². The fourth-order valence-corrected chi connectivity index (χ4v) is 1.68. The van der Waals surface area contributed by atoms with Gasteiger partial charge in [0.15, 0.2) is 0 Å². The van der Waals surface area contributed by atoms with Crippen molar-refractivity contribution >= 4 is 11.7 Å². The van der Waals surface area contributed by atoms with E-state index in [1.165, 1.54) is 18.2 Å². The first-order valence-electron chi connectivity index (χ1n) is 6.55. The number of urea groups is 1. The van der Waals surface area contributed by atoms with Gasteiger partial charge in [0.2, 0.25) is 0 Å². The van der Waals surface area contributed by atoms with Crippen molar-refractivity contribution in [2.45, 2.75) is 32.5 Å². The molecule has 4 N–H and O–H groups in total. The van der Waals surface area contributed by atoms with E-state index in [-0.39, 0.29) is 18.2 Å². The van der Waals surface area contributed by atoms with Crippen LogP contribution in [0.25, 0.3) is 0 Å². The van der Waals surface area contributed by atoms with Crippen molar-refractivity contribution in [1.29, 1.82) is 0 Å². The van der Waals surface area contributed by atoms with Gasteiger partial charge in [-0.2, -0.15) is 13.2 Å². The maximum atomic E-state index is 12.8. The second-order valence-electron chi connectivity index (χ2n) is 5.40. The highest BCUT2D eigenvalue weighted by atomic mass is 19.4. The topological polar surface area (TPSA) is 67.1 Å². The van der Waals surface area contributed by atoms with Crippen LogP contribution in [-0.4, -0.2) is 18.1 Å². The maximum Gasteiger partial charge on any atom is 0.418 e. The summed E-state index contributed by atoms with van der Waals surface area (Å²) >= 11 is 0. The predicted octanol–water partition coefficient (Wildman–Crippen LogP) is 3.20. The van der Waals surface area contributed by atoms with E-state index >= 15 is 0 Å². The number of nitrogens with two attached hydrogens (primary N) is 1. The molecule has 2 amide bonds. The van der Waals surface area contributed by atoms with Gasteiger partial charge < -0.3 is 16.4 Å². The van der Waals surface area contributed by atoms with Gasteiger partial charge in [-0.25, -0.2) is 4.79 Å². The Morgan fingerprint density at radius 3 is 2.33 bits per heavy atom. The van der Waals surface area contributed by atoms with Crippen molar-refractivity contribution in [2.75, 3.05) is 11.9 Å². The zero-order valence-corrected chi connectivity index (χ0v) is 12.2. The van der Waals surface area contributed by atoms with Gasteiger partial charge in [0, 0.05) is 6.54 Å². The second kappa shape index (κ2) is 6.34. The third-order valence-electron chi connectivity index (χ3n) is 3.58. The number of halogens is 3. The van der Waals surface area contributed by atoms with E-state index in [0.717, 1.165) is 6.07 Å². The Morgan fingerprint density at radius 1 is 1.29 bits per heavy atom. The Balaban J connectivity index is 2.90. The SMILES string of the molecule is CC(C)C(C)(CN)NC(=O)Nc1ccccc1C(F)(F)F. The predicted molar refractivity (Wildman–Crippen MR) is 75.9 cm³/mol. The van der Waals surface area contributed by atoms with E-state index in [0.29, 0.717) is 0 Å². The molecule has 0 radical (unpaired) electrons.